The van der Waals surface area contributed by atoms with Crippen LogP contribution in [0.1, 0.15) is 24.8 Å². The fraction of sp³-hybridized carbons (Fsp3) is 0.185. The maximum atomic E-state index is 12.2. The molecular weight excluding hydrogens is 368 g/mol. The van der Waals surface area contributed by atoms with E-state index in [1.165, 1.54) is 10.4 Å². The zero-order valence-electron chi connectivity index (χ0n) is 17.0. The van der Waals surface area contributed by atoms with Crippen LogP contribution >= 0.6 is 0 Å². The van der Waals surface area contributed by atoms with Crippen LogP contribution in [0.25, 0.3) is 0 Å². The first-order chi connectivity index (χ1) is 14.1. The SMILES string of the molecule is C=CCCCC(O)(C#Cc1ccccc1)[Si](C)(c1ccccc1)c1ccccc1. The Morgan fingerprint density at radius 2 is 1.34 bits per heavy atom. The van der Waals surface area contributed by atoms with E-state index < -0.39 is 13.3 Å². The summed E-state index contributed by atoms with van der Waals surface area (Å²) in [5.74, 6) is 6.61. The fourth-order valence-corrected chi connectivity index (χ4v) is 7.82. The zero-order chi connectivity index (χ0) is 20.6. The van der Waals surface area contributed by atoms with Crippen LogP contribution < -0.4 is 10.4 Å². The second-order valence-corrected chi connectivity index (χ2v) is 11.7. The van der Waals surface area contributed by atoms with Crippen LogP contribution in [0.5, 0.6) is 0 Å². The van der Waals surface area contributed by atoms with Crippen molar-refractivity contribution >= 4 is 18.4 Å². The van der Waals surface area contributed by atoms with Crippen molar-refractivity contribution in [2.24, 2.45) is 0 Å². The van der Waals surface area contributed by atoms with Crippen LogP contribution in [0.4, 0.5) is 0 Å². The standard InChI is InChI=1S/C27H28OSi/c1-3-4-14-22-27(28,23-21-24-15-8-5-9-16-24)29(2,25-17-10-6-11-18-25)26-19-12-7-13-20-26/h3,5-13,15-20,28H,1,4,14,22H2,2H3. The lowest BCUT2D eigenvalue weighted by atomic mass is 10.1. The molecule has 0 saturated carbocycles. The molecule has 2 heteroatoms. The lowest BCUT2D eigenvalue weighted by molar-refractivity contribution is 0.165. The van der Waals surface area contributed by atoms with E-state index >= 15 is 0 Å². The molecule has 29 heavy (non-hydrogen) atoms. The van der Waals surface area contributed by atoms with Gasteiger partial charge in [0, 0.05) is 5.56 Å². The van der Waals surface area contributed by atoms with Crippen molar-refractivity contribution in [2.75, 3.05) is 0 Å². The molecule has 0 aliphatic carbocycles. The number of unbranched alkanes of at least 4 members (excludes halogenated alkanes) is 1. The first-order valence-corrected chi connectivity index (χ1v) is 12.6. The number of hydrogen-bond acceptors (Lipinski definition) is 1. The summed E-state index contributed by atoms with van der Waals surface area (Å²) < 4.78 is 0. The van der Waals surface area contributed by atoms with Crippen molar-refractivity contribution in [3.63, 3.8) is 0 Å². The van der Waals surface area contributed by atoms with Gasteiger partial charge in [-0.15, -0.1) is 6.58 Å². The van der Waals surface area contributed by atoms with Gasteiger partial charge in [-0.3, -0.25) is 0 Å². The van der Waals surface area contributed by atoms with Crippen molar-refractivity contribution in [2.45, 2.75) is 31.0 Å². The van der Waals surface area contributed by atoms with Crippen LogP contribution in [0.2, 0.25) is 6.55 Å². The van der Waals surface area contributed by atoms with Gasteiger partial charge in [0.1, 0.15) is 5.22 Å². The summed E-state index contributed by atoms with van der Waals surface area (Å²) in [5, 5.41) is 13.5. The minimum absolute atomic E-state index is 0.616. The van der Waals surface area contributed by atoms with E-state index in [4.69, 9.17) is 0 Å². The Hall–Kier alpha value is -2.86. The second kappa shape index (κ2) is 9.56. The minimum Gasteiger partial charge on any atom is -0.380 e. The topological polar surface area (TPSA) is 20.2 Å². The molecule has 0 amide bonds. The minimum atomic E-state index is -2.61. The van der Waals surface area contributed by atoms with Gasteiger partial charge in [-0.1, -0.05) is 114 Å². The van der Waals surface area contributed by atoms with E-state index in [2.05, 4.69) is 73.5 Å². The normalized spacial score (nSPS) is 13.0. The van der Waals surface area contributed by atoms with Crippen LogP contribution in [-0.2, 0) is 0 Å². The molecule has 1 N–H and O–H groups in total. The number of hydrogen-bond donors (Lipinski definition) is 1. The predicted molar refractivity (Wildman–Crippen MR) is 126 cm³/mol. The molecule has 0 aliphatic rings. The summed E-state index contributed by atoms with van der Waals surface area (Å²) >= 11 is 0. The van der Waals surface area contributed by atoms with E-state index in [9.17, 15) is 5.11 Å². The van der Waals surface area contributed by atoms with Crippen LogP contribution in [0.3, 0.4) is 0 Å². The number of aliphatic hydroxyl groups is 1. The van der Waals surface area contributed by atoms with E-state index in [0.717, 1.165) is 18.4 Å². The highest BCUT2D eigenvalue weighted by atomic mass is 28.3. The molecule has 0 fully saturated rings. The molecule has 1 nitrogen and oxygen atoms in total. The van der Waals surface area contributed by atoms with E-state index in [1.54, 1.807) is 0 Å². The van der Waals surface area contributed by atoms with Gasteiger partial charge in [-0.2, -0.15) is 0 Å². The molecule has 0 aliphatic heterocycles. The van der Waals surface area contributed by atoms with Crippen LogP contribution in [0, 0.1) is 11.8 Å². The van der Waals surface area contributed by atoms with Crippen molar-refractivity contribution in [3.8, 4) is 11.8 Å². The summed E-state index contributed by atoms with van der Waals surface area (Å²) in [6, 6.07) is 30.7. The highest BCUT2D eigenvalue weighted by Gasteiger charge is 2.50. The van der Waals surface area contributed by atoms with Crippen LogP contribution in [0.15, 0.2) is 104 Å². The molecule has 1 atom stereocenters. The average molecular weight is 397 g/mol. The van der Waals surface area contributed by atoms with Gasteiger partial charge in [-0.25, -0.2) is 0 Å². The fourth-order valence-electron chi connectivity index (χ4n) is 3.82. The van der Waals surface area contributed by atoms with Crippen molar-refractivity contribution in [1.82, 2.24) is 0 Å². The number of rotatable bonds is 7. The molecular formula is C27H28OSi. The molecule has 0 saturated heterocycles. The average Bonchev–Trinajstić information content (AvgIpc) is 2.79. The first kappa shape index (κ1) is 20.9. The van der Waals surface area contributed by atoms with Gasteiger partial charge in [0.15, 0.2) is 8.07 Å². The molecule has 0 spiro atoms. The molecule has 0 bridgehead atoms. The third kappa shape index (κ3) is 4.59. The Bertz CT molecular complexity index is 931. The first-order valence-electron chi connectivity index (χ1n) is 10.1. The lowest BCUT2D eigenvalue weighted by Crippen LogP contribution is -2.71. The summed E-state index contributed by atoms with van der Waals surface area (Å²) in [6.07, 6.45) is 4.25. The Morgan fingerprint density at radius 1 is 0.862 bits per heavy atom. The van der Waals surface area contributed by atoms with Crippen molar-refractivity contribution in [3.05, 3.63) is 109 Å². The third-order valence-electron chi connectivity index (χ3n) is 5.66. The quantitative estimate of drug-likeness (QED) is 0.269. The Labute approximate surface area is 175 Å². The van der Waals surface area contributed by atoms with E-state index in [0.29, 0.717) is 6.42 Å². The van der Waals surface area contributed by atoms with E-state index in [1.807, 2.05) is 48.5 Å². The van der Waals surface area contributed by atoms with Gasteiger partial charge in [0.05, 0.1) is 0 Å². The largest absolute Gasteiger partial charge is 0.380 e. The Kier molecular flexibility index (Phi) is 6.88. The Balaban J connectivity index is 2.17. The van der Waals surface area contributed by atoms with Gasteiger partial charge in [0.25, 0.3) is 0 Å². The third-order valence-corrected chi connectivity index (χ3v) is 10.7. The summed E-state index contributed by atoms with van der Waals surface area (Å²) in [7, 11) is -2.61. The van der Waals surface area contributed by atoms with Gasteiger partial charge in [0.2, 0.25) is 0 Å². The maximum absolute atomic E-state index is 12.2. The van der Waals surface area contributed by atoms with E-state index in [-0.39, 0.29) is 0 Å². The highest BCUT2D eigenvalue weighted by Crippen LogP contribution is 2.27. The molecule has 0 heterocycles. The molecule has 0 radical (unpaired) electrons. The molecule has 3 aromatic carbocycles. The van der Waals surface area contributed by atoms with Crippen molar-refractivity contribution in [1.29, 1.82) is 0 Å². The highest BCUT2D eigenvalue weighted by molar-refractivity contribution is 7.03. The summed E-state index contributed by atoms with van der Waals surface area (Å²) in [6.45, 7) is 6.09. The summed E-state index contributed by atoms with van der Waals surface area (Å²) in [5.41, 5.74) is 0.923. The molecule has 0 aromatic heterocycles. The monoisotopic (exact) mass is 396 g/mol. The Morgan fingerprint density at radius 3 is 1.83 bits per heavy atom. The molecule has 1 unspecified atom stereocenters. The molecule has 146 valence electrons. The number of benzene rings is 3. The molecule has 3 aromatic rings. The zero-order valence-corrected chi connectivity index (χ0v) is 18.0. The van der Waals surface area contributed by atoms with Gasteiger partial charge < -0.3 is 5.11 Å². The predicted octanol–water partition coefficient (Wildman–Crippen LogP) is 4.56. The van der Waals surface area contributed by atoms with Crippen LogP contribution in [-0.4, -0.2) is 18.4 Å². The smallest absolute Gasteiger partial charge is 0.164 e. The second-order valence-electron chi connectivity index (χ2n) is 7.51. The number of allylic oxidation sites excluding steroid dienone is 1. The van der Waals surface area contributed by atoms with Gasteiger partial charge in [-0.05, 0) is 31.4 Å². The van der Waals surface area contributed by atoms with Crippen molar-refractivity contribution < 1.29 is 5.11 Å². The molecule has 3 rings (SSSR count). The lowest BCUT2D eigenvalue weighted by Gasteiger charge is -2.41. The summed E-state index contributed by atoms with van der Waals surface area (Å²) in [4.78, 5) is 0. The maximum Gasteiger partial charge on any atom is 0.164 e. The van der Waals surface area contributed by atoms with Gasteiger partial charge >= 0.3 is 0 Å².